The number of rotatable bonds is 7. The van der Waals surface area contributed by atoms with Crippen molar-refractivity contribution in [3.05, 3.63) is 0 Å². The van der Waals surface area contributed by atoms with Crippen molar-refractivity contribution in [2.75, 3.05) is 32.8 Å². The van der Waals surface area contributed by atoms with Gasteiger partial charge in [-0.05, 0) is 32.9 Å². The summed E-state index contributed by atoms with van der Waals surface area (Å²) >= 11 is 0. The van der Waals surface area contributed by atoms with E-state index in [1.54, 1.807) is 0 Å². The van der Waals surface area contributed by atoms with Crippen LogP contribution in [-0.2, 0) is 9.53 Å². The summed E-state index contributed by atoms with van der Waals surface area (Å²) < 4.78 is 5.40. The van der Waals surface area contributed by atoms with Crippen LogP contribution in [0.4, 0.5) is 0 Å². The van der Waals surface area contributed by atoms with Crippen molar-refractivity contribution >= 4 is 5.91 Å². The van der Waals surface area contributed by atoms with E-state index in [1.165, 1.54) is 0 Å². The summed E-state index contributed by atoms with van der Waals surface area (Å²) in [7, 11) is 0. The van der Waals surface area contributed by atoms with Gasteiger partial charge in [0.25, 0.3) is 0 Å². The second-order valence-electron chi connectivity index (χ2n) is 4.82. The smallest absolute Gasteiger partial charge is 0.222 e. The molecule has 0 aromatic carbocycles. The monoisotopic (exact) mass is 257 g/mol. The van der Waals surface area contributed by atoms with Gasteiger partial charge in [-0.1, -0.05) is 6.92 Å². The quantitative estimate of drug-likeness (QED) is 0.690. The van der Waals surface area contributed by atoms with Crippen molar-refractivity contribution < 1.29 is 9.53 Å². The number of carbonyl (C=O) groups excluding carboxylic acids is 1. The van der Waals surface area contributed by atoms with Gasteiger partial charge in [0.15, 0.2) is 0 Å². The summed E-state index contributed by atoms with van der Waals surface area (Å²) in [6.07, 6.45) is 2.45. The molecule has 1 rings (SSSR count). The molecule has 1 heterocycles. The number of piperidine rings is 1. The SMILES string of the molecule is CCOC(CN)CC(=O)NC1CCCN(CC)C1. The first kappa shape index (κ1) is 15.4. The Balaban J connectivity index is 2.30. The third-order valence-electron chi connectivity index (χ3n) is 3.40. The Labute approximate surface area is 110 Å². The number of amides is 1. The fourth-order valence-corrected chi connectivity index (χ4v) is 2.40. The number of carbonyl (C=O) groups is 1. The second kappa shape index (κ2) is 8.45. The van der Waals surface area contributed by atoms with E-state index in [2.05, 4.69) is 17.1 Å². The van der Waals surface area contributed by atoms with Gasteiger partial charge in [0.05, 0.1) is 12.5 Å². The Morgan fingerprint density at radius 3 is 2.94 bits per heavy atom. The van der Waals surface area contributed by atoms with Crippen LogP contribution in [0.3, 0.4) is 0 Å². The van der Waals surface area contributed by atoms with Crippen molar-refractivity contribution in [1.29, 1.82) is 0 Å². The third kappa shape index (κ3) is 5.33. The van der Waals surface area contributed by atoms with Crippen LogP contribution in [0.15, 0.2) is 0 Å². The first-order chi connectivity index (χ1) is 8.69. The normalized spacial score (nSPS) is 22.7. The third-order valence-corrected chi connectivity index (χ3v) is 3.40. The molecule has 0 aromatic rings. The number of ether oxygens (including phenoxy) is 1. The van der Waals surface area contributed by atoms with Gasteiger partial charge in [-0.15, -0.1) is 0 Å². The lowest BCUT2D eigenvalue weighted by atomic mass is 10.1. The average Bonchev–Trinajstić information content (AvgIpc) is 2.38. The number of nitrogens with one attached hydrogen (secondary N) is 1. The minimum Gasteiger partial charge on any atom is -0.377 e. The Morgan fingerprint density at radius 1 is 1.56 bits per heavy atom. The number of likely N-dealkylation sites (N-methyl/N-ethyl adjacent to an activating group) is 1. The average molecular weight is 257 g/mol. The van der Waals surface area contributed by atoms with E-state index in [1.807, 2.05) is 6.92 Å². The van der Waals surface area contributed by atoms with Crippen molar-refractivity contribution in [3.63, 3.8) is 0 Å². The Bertz CT molecular complexity index is 248. The molecule has 0 radical (unpaired) electrons. The molecule has 5 heteroatoms. The lowest BCUT2D eigenvalue weighted by Gasteiger charge is -2.32. The largest absolute Gasteiger partial charge is 0.377 e. The molecule has 0 saturated carbocycles. The Hall–Kier alpha value is -0.650. The topological polar surface area (TPSA) is 67.6 Å². The number of hydrogen-bond donors (Lipinski definition) is 2. The zero-order chi connectivity index (χ0) is 13.4. The van der Waals surface area contributed by atoms with Crippen molar-refractivity contribution in [2.45, 2.75) is 45.3 Å². The molecule has 3 N–H and O–H groups in total. The zero-order valence-electron chi connectivity index (χ0n) is 11.7. The molecule has 0 bridgehead atoms. The minimum absolute atomic E-state index is 0.0573. The van der Waals surface area contributed by atoms with Crippen LogP contribution in [0.25, 0.3) is 0 Å². The maximum absolute atomic E-state index is 11.9. The predicted molar refractivity (Wildman–Crippen MR) is 72.4 cm³/mol. The molecule has 0 spiro atoms. The van der Waals surface area contributed by atoms with E-state index in [0.717, 1.165) is 32.5 Å². The van der Waals surface area contributed by atoms with E-state index < -0.39 is 0 Å². The summed E-state index contributed by atoms with van der Waals surface area (Å²) in [6, 6.07) is 0.284. The van der Waals surface area contributed by atoms with Crippen LogP contribution in [0.1, 0.15) is 33.1 Å². The predicted octanol–water partition coefficient (Wildman–Crippen LogP) is 0.341. The minimum atomic E-state index is -0.152. The molecule has 18 heavy (non-hydrogen) atoms. The molecule has 2 unspecified atom stereocenters. The van der Waals surface area contributed by atoms with E-state index >= 15 is 0 Å². The van der Waals surface area contributed by atoms with Crippen molar-refractivity contribution in [3.8, 4) is 0 Å². The maximum atomic E-state index is 11.9. The summed E-state index contributed by atoms with van der Waals surface area (Å²) in [5.41, 5.74) is 5.57. The van der Waals surface area contributed by atoms with Crippen molar-refractivity contribution in [2.24, 2.45) is 5.73 Å². The molecular formula is C13H27N3O2. The first-order valence-corrected chi connectivity index (χ1v) is 7.02. The molecule has 0 aliphatic carbocycles. The molecule has 1 aliphatic rings. The van der Waals surface area contributed by atoms with E-state index in [0.29, 0.717) is 19.6 Å². The standard InChI is InChI=1S/C13H27N3O2/c1-3-16-7-5-6-11(10-16)15-13(17)8-12(9-14)18-4-2/h11-12H,3-10,14H2,1-2H3,(H,15,17). The maximum Gasteiger partial charge on any atom is 0.222 e. The molecule has 1 fully saturated rings. The highest BCUT2D eigenvalue weighted by molar-refractivity contribution is 5.76. The molecule has 2 atom stereocenters. The van der Waals surface area contributed by atoms with Gasteiger partial charge in [0, 0.05) is 25.7 Å². The number of likely N-dealkylation sites (tertiary alicyclic amines) is 1. The number of hydrogen-bond acceptors (Lipinski definition) is 4. The molecule has 106 valence electrons. The molecular weight excluding hydrogens is 230 g/mol. The number of nitrogens with two attached hydrogens (primary N) is 1. The van der Waals surface area contributed by atoms with Crippen LogP contribution >= 0.6 is 0 Å². The lowest BCUT2D eigenvalue weighted by molar-refractivity contribution is -0.124. The van der Waals surface area contributed by atoms with E-state index in [-0.39, 0.29) is 18.1 Å². The van der Waals surface area contributed by atoms with Crippen LogP contribution in [-0.4, -0.2) is 55.7 Å². The van der Waals surface area contributed by atoms with Gasteiger partial charge < -0.3 is 20.7 Å². The molecule has 1 aliphatic heterocycles. The zero-order valence-corrected chi connectivity index (χ0v) is 11.7. The molecule has 5 nitrogen and oxygen atoms in total. The summed E-state index contributed by atoms with van der Waals surface area (Å²) in [4.78, 5) is 14.3. The summed E-state index contributed by atoms with van der Waals surface area (Å²) in [5, 5.41) is 3.09. The lowest BCUT2D eigenvalue weighted by Crippen LogP contribution is -2.48. The fourth-order valence-electron chi connectivity index (χ4n) is 2.40. The highest BCUT2D eigenvalue weighted by Crippen LogP contribution is 2.10. The van der Waals surface area contributed by atoms with Gasteiger partial charge in [-0.25, -0.2) is 0 Å². The summed E-state index contributed by atoms with van der Waals surface area (Å²) in [6.45, 7) is 8.23. The van der Waals surface area contributed by atoms with Gasteiger partial charge in [-0.3, -0.25) is 4.79 Å². The summed E-state index contributed by atoms with van der Waals surface area (Å²) in [5.74, 6) is 0.0573. The van der Waals surface area contributed by atoms with E-state index in [4.69, 9.17) is 10.5 Å². The van der Waals surface area contributed by atoms with Crippen LogP contribution in [0.5, 0.6) is 0 Å². The van der Waals surface area contributed by atoms with Gasteiger partial charge >= 0.3 is 0 Å². The van der Waals surface area contributed by atoms with Gasteiger partial charge in [0.1, 0.15) is 0 Å². The molecule has 1 saturated heterocycles. The van der Waals surface area contributed by atoms with Crippen LogP contribution < -0.4 is 11.1 Å². The number of nitrogens with zero attached hydrogens (tertiary/aromatic N) is 1. The van der Waals surface area contributed by atoms with Crippen molar-refractivity contribution in [1.82, 2.24) is 10.2 Å². The van der Waals surface area contributed by atoms with Gasteiger partial charge in [-0.2, -0.15) is 0 Å². The Morgan fingerprint density at radius 2 is 2.33 bits per heavy atom. The van der Waals surface area contributed by atoms with E-state index in [9.17, 15) is 4.79 Å². The molecule has 1 amide bonds. The Kier molecular flexibility index (Phi) is 7.23. The van der Waals surface area contributed by atoms with Crippen LogP contribution in [0, 0.1) is 0 Å². The van der Waals surface area contributed by atoms with Crippen LogP contribution in [0.2, 0.25) is 0 Å². The molecule has 0 aromatic heterocycles. The highest BCUT2D eigenvalue weighted by atomic mass is 16.5. The van der Waals surface area contributed by atoms with Gasteiger partial charge in [0.2, 0.25) is 5.91 Å². The first-order valence-electron chi connectivity index (χ1n) is 7.02. The second-order valence-corrected chi connectivity index (χ2v) is 4.82. The fraction of sp³-hybridized carbons (Fsp3) is 0.923. The highest BCUT2D eigenvalue weighted by Gasteiger charge is 2.21.